The molecule has 1 saturated heterocycles. The Bertz CT molecular complexity index is 1340. The van der Waals surface area contributed by atoms with Gasteiger partial charge in [0.05, 0.1) is 15.3 Å². The fraction of sp³-hybridized carbons (Fsp3) is 0.0800. The van der Waals surface area contributed by atoms with Crippen molar-refractivity contribution in [1.29, 1.82) is 5.26 Å². The van der Waals surface area contributed by atoms with Crippen LogP contribution in [0, 0.1) is 11.3 Å². The van der Waals surface area contributed by atoms with Gasteiger partial charge in [-0.25, -0.2) is 0 Å². The first-order chi connectivity index (χ1) is 16.4. The lowest BCUT2D eigenvalue weighted by Crippen LogP contribution is -2.30. The average Bonchev–Trinajstić information content (AvgIpc) is 3.13. The normalized spacial score (nSPS) is 16.8. The molecule has 4 rings (SSSR count). The number of amides is 2. The Labute approximate surface area is 215 Å². The Kier molecular flexibility index (Phi) is 7.50. The van der Waals surface area contributed by atoms with Gasteiger partial charge >= 0.3 is 0 Å². The molecule has 0 saturated carbocycles. The zero-order chi connectivity index (χ0) is 24.2. The van der Waals surface area contributed by atoms with Crippen LogP contribution in [0.3, 0.4) is 0 Å². The molecule has 2 amide bonds. The smallest absolute Gasteiger partial charge is 0.269 e. The van der Waals surface area contributed by atoms with E-state index in [2.05, 4.69) is 5.32 Å². The quantitative estimate of drug-likeness (QED) is 0.295. The molecule has 1 fully saturated rings. The van der Waals surface area contributed by atoms with E-state index in [4.69, 9.17) is 34.8 Å². The van der Waals surface area contributed by atoms with Gasteiger partial charge in [0.1, 0.15) is 16.7 Å². The van der Waals surface area contributed by atoms with E-state index in [9.17, 15) is 14.9 Å². The Morgan fingerprint density at radius 1 is 1.03 bits per heavy atom. The van der Waals surface area contributed by atoms with Crippen LogP contribution in [-0.2, 0) is 16.0 Å². The number of halogens is 3. The summed E-state index contributed by atoms with van der Waals surface area (Å²) in [6, 6.07) is 22.7. The molecule has 0 radical (unpaired) electrons. The second-order valence-corrected chi connectivity index (χ2v) is 9.70. The summed E-state index contributed by atoms with van der Waals surface area (Å²) in [4.78, 5) is 28.0. The van der Waals surface area contributed by atoms with Gasteiger partial charge < -0.3 is 5.32 Å². The summed E-state index contributed by atoms with van der Waals surface area (Å²) in [5, 5.41) is 13.5. The van der Waals surface area contributed by atoms with Gasteiger partial charge in [-0.05, 0) is 48.4 Å². The Morgan fingerprint density at radius 2 is 1.76 bits per heavy atom. The average molecular weight is 529 g/mol. The molecular formula is C25H16Cl3N3O2S. The van der Waals surface area contributed by atoms with Crippen molar-refractivity contribution < 1.29 is 9.59 Å². The van der Waals surface area contributed by atoms with Crippen LogP contribution in [-0.4, -0.2) is 17.1 Å². The molecular weight excluding hydrogens is 513 g/mol. The van der Waals surface area contributed by atoms with Gasteiger partial charge in [-0.15, -0.1) is 0 Å². The van der Waals surface area contributed by atoms with Crippen molar-refractivity contribution in [2.24, 2.45) is 0 Å². The summed E-state index contributed by atoms with van der Waals surface area (Å²) in [6.07, 6.45) is 0.282. The molecule has 1 heterocycles. The number of carbonyl (C=O) groups excluding carboxylic acids is 2. The molecule has 3 aromatic rings. The van der Waals surface area contributed by atoms with Gasteiger partial charge in [0.25, 0.3) is 5.91 Å². The van der Waals surface area contributed by atoms with Crippen LogP contribution in [0.1, 0.15) is 5.56 Å². The maximum Gasteiger partial charge on any atom is 0.269 e. The number of para-hydroxylation sites is 1. The number of benzene rings is 3. The van der Waals surface area contributed by atoms with E-state index in [1.165, 1.54) is 4.90 Å². The van der Waals surface area contributed by atoms with Crippen LogP contribution in [0.2, 0.25) is 15.1 Å². The van der Waals surface area contributed by atoms with Crippen LogP contribution in [0.4, 0.5) is 11.4 Å². The summed E-state index contributed by atoms with van der Waals surface area (Å²) in [6.45, 7) is 0. The van der Waals surface area contributed by atoms with Gasteiger partial charge in [-0.2, -0.15) is 5.26 Å². The van der Waals surface area contributed by atoms with Crippen molar-refractivity contribution >= 4 is 69.8 Å². The van der Waals surface area contributed by atoms with E-state index in [1.807, 2.05) is 12.1 Å². The van der Waals surface area contributed by atoms with Crippen molar-refractivity contribution in [3.63, 3.8) is 0 Å². The van der Waals surface area contributed by atoms with Crippen LogP contribution in [0.25, 0.3) is 0 Å². The van der Waals surface area contributed by atoms with Crippen LogP contribution in [0.15, 0.2) is 83.4 Å². The number of hydrogen-bond donors (Lipinski definition) is 1. The Hall–Kier alpha value is -2.95. The number of rotatable bonds is 5. The molecule has 3 aromatic carbocycles. The van der Waals surface area contributed by atoms with E-state index in [1.54, 1.807) is 66.7 Å². The highest BCUT2D eigenvalue weighted by molar-refractivity contribution is 8.05. The number of anilines is 2. The summed E-state index contributed by atoms with van der Waals surface area (Å²) in [5.74, 6) is -0.895. The zero-order valence-electron chi connectivity index (χ0n) is 17.5. The van der Waals surface area contributed by atoms with Gasteiger partial charge in [0, 0.05) is 16.4 Å². The van der Waals surface area contributed by atoms with Crippen molar-refractivity contribution in [3.05, 3.63) is 104 Å². The van der Waals surface area contributed by atoms with E-state index >= 15 is 0 Å². The van der Waals surface area contributed by atoms with Crippen molar-refractivity contribution in [3.8, 4) is 6.07 Å². The topological polar surface area (TPSA) is 73.2 Å². The van der Waals surface area contributed by atoms with E-state index in [0.717, 1.165) is 11.8 Å². The minimum atomic E-state index is -0.637. The minimum absolute atomic E-state index is 0.179. The SMILES string of the molecule is N#C/C(C(=O)Nc1cccc(Cl)c1)=C1/S[C@H](Cc2cccc(Cl)c2Cl)C(=O)N1c1ccccc1. The fourth-order valence-electron chi connectivity index (χ4n) is 3.46. The number of nitrogens with one attached hydrogen (secondary N) is 1. The molecule has 5 nitrogen and oxygen atoms in total. The van der Waals surface area contributed by atoms with Gasteiger partial charge in [0.2, 0.25) is 5.91 Å². The number of carbonyl (C=O) groups is 2. The molecule has 0 spiro atoms. The third-order valence-electron chi connectivity index (χ3n) is 5.04. The van der Waals surface area contributed by atoms with Gasteiger partial charge in [0.15, 0.2) is 0 Å². The molecule has 0 aromatic heterocycles. The first kappa shape index (κ1) is 24.2. The lowest BCUT2D eigenvalue weighted by Gasteiger charge is -2.18. The summed E-state index contributed by atoms with van der Waals surface area (Å²) < 4.78 is 0. The Morgan fingerprint density at radius 3 is 2.47 bits per heavy atom. The monoisotopic (exact) mass is 527 g/mol. The third kappa shape index (κ3) is 5.08. The molecule has 9 heteroatoms. The van der Waals surface area contributed by atoms with Crippen molar-refractivity contribution in [2.45, 2.75) is 11.7 Å². The zero-order valence-corrected chi connectivity index (χ0v) is 20.6. The molecule has 0 unspecified atom stereocenters. The second-order valence-electron chi connectivity index (χ2n) is 7.29. The molecule has 170 valence electrons. The Balaban J connectivity index is 1.73. The first-order valence-corrected chi connectivity index (χ1v) is 12.1. The van der Waals surface area contributed by atoms with Crippen LogP contribution < -0.4 is 10.2 Å². The van der Waals surface area contributed by atoms with Crippen LogP contribution >= 0.6 is 46.6 Å². The molecule has 34 heavy (non-hydrogen) atoms. The number of nitrogens with zero attached hydrogens (tertiary/aromatic N) is 2. The number of thioether (sulfide) groups is 1. The maximum absolute atomic E-state index is 13.5. The fourth-order valence-corrected chi connectivity index (χ4v) is 5.35. The highest BCUT2D eigenvalue weighted by atomic mass is 35.5. The van der Waals surface area contributed by atoms with Gasteiger partial charge in [-0.3, -0.25) is 14.5 Å². The predicted molar refractivity (Wildman–Crippen MR) is 138 cm³/mol. The number of hydrogen-bond acceptors (Lipinski definition) is 4. The lowest BCUT2D eigenvalue weighted by atomic mass is 10.1. The molecule has 0 aliphatic carbocycles. The molecule has 1 atom stereocenters. The highest BCUT2D eigenvalue weighted by Gasteiger charge is 2.41. The summed E-state index contributed by atoms with van der Waals surface area (Å²) >= 11 is 19.6. The molecule has 1 aliphatic heterocycles. The molecule has 0 bridgehead atoms. The first-order valence-electron chi connectivity index (χ1n) is 10.1. The molecule has 1 aliphatic rings. The lowest BCUT2D eigenvalue weighted by molar-refractivity contribution is -0.117. The highest BCUT2D eigenvalue weighted by Crippen LogP contribution is 2.43. The van der Waals surface area contributed by atoms with Crippen molar-refractivity contribution in [2.75, 3.05) is 10.2 Å². The van der Waals surface area contributed by atoms with Crippen LogP contribution in [0.5, 0.6) is 0 Å². The van der Waals surface area contributed by atoms with E-state index in [0.29, 0.717) is 32.0 Å². The minimum Gasteiger partial charge on any atom is -0.321 e. The third-order valence-corrected chi connectivity index (χ3v) is 7.40. The molecule has 1 N–H and O–H groups in total. The largest absolute Gasteiger partial charge is 0.321 e. The maximum atomic E-state index is 13.5. The standard InChI is InChI=1S/C25H16Cl3N3O2S/c26-16-7-5-8-17(13-16)30-23(32)19(14-29)25-31(18-9-2-1-3-10-18)24(33)21(34-25)12-15-6-4-11-20(27)22(15)28/h1-11,13,21H,12H2,(H,30,32)/b25-19-/t21-/m1/s1. The predicted octanol–water partition coefficient (Wildman–Crippen LogP) is 6.71. The second kappa shape index (κ2) is 10.5. The van der Waals surface area contributed by atoms with E-state index in [-0.39, 0.29) is 22.9 Å². The summed E-state index contributed by atoms with van der Waals surface area (Å²) in [7, 11) is 0. The van der Waals surface area contributed by atoms with Crippen molar-refractivity contribution in [1.82, 2.24) is 0 Å². The van der Waals surface area contributed by atoms with E-state index < -0.39 is 11.2 Å². The van der Waals surface area contributed by atoms with Gasteiger partial charge in [-0.1, -0.05) is 83.0 Å². The number of nitriles is 1. The summed E-state index contributed by atoms with van der Waals surface area (Å²) in [5.41, 5.74) is 1.52.